The molecule has 130 valence electrons. The van der Waals surface area contributed by atoms with Crippen LogP contribution in [0.15, 0.2) is 69.3 Å². The van der Waals surface area contributed by atoms with Crippen LogP contribution in [0.3, 0.4) is 0 Å². The van der Waals surface area contributed by atoms with Crippen molar-refractivity contribution in [2.45, 2.75) is 4.90 Å². The lowest BCUT2D eigenvalue weighted by Crippen LogP contribution is -2.39. The zero-order valence-electron chi connectivity index (χ0n) is 13.8. The first-order valence-electron chi connectivity index (χ1n) is 7.53. The summed E-state index contributed by atoms with van der Waals surface area (Å²) in [6.45, 7) is 0.0457. The Bertz CT molecular complexity index is 931. The van der Waals surface area contributed by atoms with Crippen LogP contribution in [0.5, 0.6) is 0 Å². The minimum absolute atomic E-state index is 0.0457. The number of nitrogens with zero attached hydrogens (tertiary/aromatic N) is 1. The van der Waals surface area contributed by atoms with Gasteiger partial charge in [-0.1, -0.05) is 30.3 Å². The summed E-state index contributed by atoms with van der Waals surface area (Å²) in [7, 11) is -3.75. The van der Waals surface area contributed by atoms with Crippen molar-refractivity contribution in [1.29, 1.82) is 0 Å². The SMILES string of the molecule is CSC(SC)=C1CN(S(=O)(=O)c2ccccc2)c2ccccc2C1=O. The van der Waals surface area contributed by atoms with Gasteiger partial charge in [-0.05, 0) is 36.8 Å². The molecule has 2 aromatic rings. The standard InChI is InChI=1S/C18H17NO3S3/c1-23-18(24-2)15-12-19(16-11-7-6-10-14(16)17(15)20)25(21,22)13-8-4-3-5-9-13/h3-11H,12H2,1-2H3. The third-order valence-electron chi connectivity index (χ3n) is 3.94. The van der Waals surface area contributed by atoms with E-state index in [1.165, 1.54) is 27.8 Å². The van der Waals surface area contributed by atoms with Crippen LogP contribution in [0.25, 0.3) is 0 Å². The molecule has 0 spiro atoms. The van der Waals surface area contributed by atoms with Gasteiger partial charge in [0.2, 0.25) is 0 Å². The summed E-state index contributed by atoms with van der Waals surface area (Å²) >= 11 is 2.93. The topological polar surface area (TPSA) is 54.5 Å². The lowest BCUT2D eigenvalue weighted by molar-refractivity contribution is 0.103. The van der Waals surface area contributed by atoms with Crippen LogP contribution in [0, 0.1) is 0 Å². The zero-order chi connectivity index (χ0) is 18.0. The van der Waals surface area contributed by atoms with Gasteiger partial charge in [-0.2, -0.15) is 0 Å². The summed E-state index contributed by atoms with van der Waals surface area (Å²) in [4.78, 5) is 13.1. The van der Waals surface area contributed by atoms with Crippen LogP contribution in [0.1, 0.15) is 10.4 Å². The summed E-state index contributed by atoms with van der Waals surface area (Å²) < 4.78 is 28.5. The first kappa shape index (κ1) is 18.1. The molecule has 0 saturated heterocycles. The van der Waals surface area contributed by atoms with E-state index < -0.39 is 10.0 Å². The Kier molecular flexibility index (Phi) is 5.27. The molecule has 0 bridgehead atoms. The fourth-order valence-corrected chi connectivity index (χ4v) is 5.71. The second-order valence-corrected chi connectivity index (χ2v) is 9.10. The predicted molar refractivity (Wildman–Crippen MR) is 106 cm³/mol. The minimum atomic E-state index is -3.75. The number of ketones is 1. The van der Waals surface area contributed by atoms with Gasteiger partial charge in [-0.15, -0.1) is 23.5 Å². The molecule has 0 fully saturated rings. The number of fused-ring (bicyclic) bond motifs is 1. The van der Waals surface area contributed by atoms with Crippen LogP contribution in [0.2, 0.25) is 0 Å². The van der Waals surface area contributed by atoms with Gasteiger partial charge >= 0.3 is 0 Å². The van der Waals surface area contributed by atoms with Crippen molar-refractivity contribution in [3.8, 4) is 0 Å². The summed E-state index contributed by atoms with van der Waals surface area (Å²) in [5.41, 5.74) is 1.38. The second-order valence-electron chi connectivity index (χ2n) is 5.35. The van der Waals surface area contributed by atoms with Crippen LogP contribution in [-0.4, -0.2) is 33.3 Å². The number of para-hydroxylation sites is 1. The minimum Gasteiger partial charge on any atom is -0.289 e. The van der Waals surface area contributed by atoms with Crippen molar-refractivity contribution in [3.05, 3.63) is 70.0 Å². The van der Waals surface area contributed by atoms with Crippen molar-refractivity contribution in [2.75, 3.05) is 23.4 Å². The molecule has 0 atom stereocenters. The van der Waals surface area contributed by atoms with Crippen LogP contribution in [-0.2, 0) is 10.0 Å². The fraction of sp³-hybridized carbons (Fsp3) is 0.167. The number of anilines is 1. The first-order chi connectivity index (χ1) is 12.0. The normalized spacial score (nSPS) is 14.4. The monoisotopic (exact) mass is 391 g/mol. The summed E-state index contributed by atoms with van der Waals surface area (Å²) in [5, 5.41) is 0. The number of carbonyl (C=O) groups is 1. The molecule has 0 aliphatic carbocycles. The Morgan fingerprint density at radius 3 is 2.20 bits per heavy atom. The third-order valence-corrected chi connectivity index (χ3v) is 7.95. The van der Waals surface area contributed by atoms with Gasteiger partial charge < -0.3 is 0 Å². The van der Waals surface area contributed by atoms with Crippen LogP contribution >= 0.6 is 23.5 Å². The lowest BCUT2D eigenvalue weighted by Gasteiger charge is -2.32. The number of sulfonamides is 1. The molecule has 7 heteroatoms. The smallest absolute Gasteiger partial charge is 0.264 e. The Balaban J connectivity index is 2.22. The van der Waals surface area contributed by atoms with E-state index in [4.69, 9.17) is 0 Å². The molecule has 0 amide bonds. The van der Waals surface area contributed by atoms with Gasteiger partial charge in [0.1, 0.15) is 0 Å². The van der Waals surface area contributed by atoms with Gasteiger partial charge in [0.15, 0.2) is 5.78 Å². The summed E-state index contributed by atoms with van der Waals surface area (Å²) in [6.07, 6.45) is 3.78. The number of hydrogen-bond acceptors (Lipinski definition) is 5. The summed E-state index contributed by atoms with van der Waals surface area (Å²) in [6, 6.07) is 15.2. The number of hydrogen-bond donors (Lipinski definition) is 0. The van der Waals surface area contributed by atoms with E-state index in [0.29, 0.717) is 16.8 Å². The van der Waals surface area contributed by atoms with E-state index in [1.54, 1.807) is 54.6 Å². The van der Waals surface area contributed by atoms with Crippen molar-refractivity contribution in [2.24, 2.45) is 0 Å². The molecule has 1 heterocycles. The maximum atomic E-state index is 13.2. The molecule has 25 heavy (non-hydrogen) atoms. The maximum Gasteiger partial charge on any atom is 0.264 e. The average molecular weight is 392 g/mol. The van der Waals surface area contributed by atoms with Gasteiger partial charge in [-0.3, -0.25) is 9.10 Å². The molecule has 4 nitrogen and oxygen atoms in total. The number of benzene rings is 2. The number of thioether (sulfide) groups is 2. The molecular formula is C18H17NO3S3. The molecule has 0 saturated carbocycles. The molecule has 0 radical (unpaired) electrons. The molecular weight excluding hydrogens is 374 g/mol. The average Bonchev–Trinajstić information content (AvgIpc) is 2.65. The quantitative estimate of drug-likeness (QED) is 0.737. The Morgan fingerprint density at radius 1 is 0.960 bits per heavy atom. The highest BCUT2D eigenvalue weighted by molar-refractivity contribution is 8.21. The van der Waals surface area contributed by atoms with Crippen molar-refractivity contribution in [1.82, 2.24) is 0 Å². The molecule has 1 aliphatic rings. The van der Waals surface area contributed by atoms with Crippen molar-refractivity contribution in [3.63, 3.8) is 0 Å². The van der Waals surface area contributed by atoms with Gasteiger partial charge in [-0.25, -0.2) is 8.42 Å². The predicted octanol–water partition coefficient (Wildman–Crippen LogP) is 4.02. The first-order valence-corrected chi connectivity index (χ1v) is 11.4. The maximum absolute atomic E-state index is 13.2. The highest BCUT2D eigenvalue weighted by Gasteiger charge is 2.36. The zero-order valence-corrected chi connectivity index (χ0v) is 16.2. The van der Waals surface area contributed by atoms with E-state index in [2.05, 4.69) is 0 Å². The Hall–Kier alpha value is -1.70. The van der Waals surface area contributed by atoms with Crippen LogP contribution in [0.4, 0.5) is 5.69 Å². The van der Waals surface area contributed by atoms with E-state index in [0.717, 1.165) is 4.24 Å². The fourth-order valence-electron chi connectivity index (χ4n) is 2.77. The molecule has 0 unspecified atom stereocenters. The van der Waals surface area contributed by atoms with E-state index >= 15 is 0 Å². The van der Waals surface area contributed by atoms with Crippen molar-refractivity contribution >= 4 is 45.0 Å². The molecule has 0 N–H and O–H groups in total. The molecule has 1 aliphatic heterocycles. The van der Waals surface area contributed by atoms with E-state index in [9.17, 15) is 13.2 Å². The number of Topliss-reactive ketones (excluding diaryl/α,β-unsaturated/α-hetero) is 1. The van der Waals surface area contributed by atoms with Gasteiger partial charge in [0.05, 0.1) is 17.1 Å². The largest absolute Gasteiger partial charge is 0.289 e. The lowest BCUT2D eigenvalue weighted by atomic mass is 9.99. The number of rotatable bonds is 4. The van der Waals surface area contributed by atoms with Crippen LogP contribution < -0.4 is 4.31 Å². The number of carbonyl (C=O) groups excluding carboxylic acids is 1. The van der Waals surface area contributed by atoms with Gasteiger partial charge in [0, 0.05) is 15.4 Å². The van der Waals surface area contributed by atoms with E-state index in [1.807, 2.05) is 12.5 Å². The van der Waals surface area contributed by atoms with Crippen molar-refractivity contribution < 1.29 is 13.2 Å². The van der Waals surface area contributed by atoms with Gasteiger partial charge in [0.25, 0.3) is 10.0 Å². The summed E-state index contributed by atoms with van der Waals surface area (Å²) in [5.74, 6) is -0.103. The van der Waals surface area contributed by atoms with E-state index in [-0.39, 0.29) is 17.2 Å². The highest BCUT2D eigenvalue weighted by atomic mass is 32.2. The Labute approximate surface area is 156 Å². The molecule has 2 aromatic carbocycles. The highest BCUT2D eigenvalue weighted by Crippen LogP contribution is 2.38. The molecule has 0 aromatic heterocycles. The Morgan fingerprint density at radius 2 is 1.56 bits per heavy atom. The third kappa shape index (κ3) is 3.23. The molecule has 3 rings (SSSR count). The second kappa shape index (κ2) is 7.27.